The van der Waals surface area contributed by atoms with Gasteiger partial charge in [0.1, 0.15) is 0 Å². The van der Waals surface area contributed by atoms with Gasteiger partial charge in [0.2, 0.25) is 0 Å². The highest BCUT2D eigenvalue weighted by molar-refractivity contribution is 5.74. The minimum atomic E-state index is -0.0172. The number of hydrogen-bond donors (Lipinski definition) is 2. The van der Waals surface area contributed by atoms with E-state index in [1.54, 1.807) is 11.9 Å². The summed E-state index contributed by atoms with van der Waals surface area (Å²) in [7, 11) is 1.80. The molecular formula is C17H22N2O2. The van der Waals surface area contributed by atoms with Gasteiger partial charge in [-0.15, -0.1) is 0 Å². The molecule has 0 unspecified atom stereocenters. The second-order valence-corrected chi connectivity index (χ2v) is 5.41. The monoisotopic (exact) mass is 286 g/mol. The molecule has 0 spiro atoms. The maximum absolute atomic E-state index is 12.0. The van der Waals surface area contributed by atoms with Crippen LogP contribution in [0.1, 0.15) is 36.8 Å². The number of hydrogen-bond acceptors (Lipinski definition) is 2. The molecule has 4 heteroatoms. The van der Waals surface area contributed by atoms with Crippen molar-refractivity contribution in [2.45, 2.75) is 38.3 Å². The summed E-state index contributed by atoms with van der Waals surface area (Å²) in [6, 6.07) is 8.19. The third-order valence-electron chi connectivity index (χ3n) is 3.60. The van der Waals surface area contributed by atoms with Crippen molar-refractivity contribution in [1.82, 2.24) is 10.2 Å². The van der Waals surface area contributed by atoms with Crippen molar-refractivity contribution in [2.75, 3.05) is 13.7 Å². The lowest BCUT2D eigenvalue weighted by molar-refractivity contribution is 0.195. The van der Waals surface area contributed by atoms with E-state index in [0.717, 1.165) is 24.0 Å². The van der Waals surface area contributed by atoms with E-state index < -0.39 is 0 Å². The zero-order chi connectivity index (χ0) is 15.1. The van der Waals surface area contributed by atoms with Gasteiger partial charge in [0.25, 0.3) is 0 Å². The largest absolute Gasteiger partial charge is 0.395 e. The molecule has 4 nitrogen and oxygen atoms in total. The Morgan fingerprint density at radius 2 is 2.29 bits per heavy atom. The zero-order valence-corrected chi connectivity index (χ0v) is 12.4. The van der Waals surface area contributed by atoms with Crippen molar-refractivity contribution in [3.8, 4) is 11.8 Å². The van der Waals surface area contributed by atoms with E-state index in [0.29, 0.717) is 19.0 Å². The quantitative estimate of drug-likeness (QED) is 0.833. The second-order valence-electron chi connectivity index (χ2n) is 5.41. The smallest absolute Gasteiger partial charge is 0.317 e. The minimum absolute atomic E-state index is 0.0172. The van der Waals surface area contributed by atoms with Crippen molar-refractivity contribution in [3.63, 3.8) is 0 Å². The number of carbonyl (C=O) groups excluding carboxylic acids is 1. The Morgan fingerprint density at radius 1 is 1.48 bits per heavy atom. The number of aliphatic hydroxyl groups is 1. The highest BCUT2D eigenvalue weighted by Crippen LogP contribution is 2.18. The van der Waals surface area contributed by atoms with Gasteiger partial charge in [-0.25, -0.2) is 4.79 Å². The van der Waals surface area contributed by atoms with Crippen molar-refractivity contribution in [1.29, 1.82) is 0 Å². The highest BCUT2D eigenvalue weighted by atomic mass is 16.2. The molecule has 0 aliphatic heterocycles. The third kappa shape index (κ3) is 4.80. The molecule has 1 aliphatic carbocycles. The highest BCUT2D eigenvalue weighted by Gasteiger charge is 2.21. The molecule has 21 heavy (non-hydrogen) atoms. The number of urea groups is 1. The predicted molar refractivity (Wildman–Crippen MR) is 82.7 cm³/mol. The first-order chi connectivity index (χ1) is 10.2. The number of carbonyl (C=O) groups is 1. The molecule has 0 saturated heterocycles. The Hall–Kier alpha value is -1.99. The fourth-order valence-electron chi connectivity index (χ4n) is 2.15. The summed E-state index contributed by atoms with van der Waals surface area (Å²) in [5.41, 5.74) is 1.96. The molecule has 2 rings (SSSR count). The molecule has 1 aliphatic rings. The molecule has 0 aromatic heterocycles. The summed E-state index contributed by atoms with van der Waals surface area (Å²) in [5, 5.41) is 11.7. The SMILES string of the molecule is CN(Cc1cccc(C#CCCO)c1)C(=O)NC1CCC1. The van der Waals surface area contributed by atoms with Gasteiger partial charge in [-0.3, -0.25) is 0 Å². The fraction of sp³-hybridized carbons (Fsp3) is 0.471. The Morgan fingerprint density at radius 3 is 2.95 bits per heavy atom. The van der Waals surface area contributed by atoms with Crippen LogP contribution in [0.5, 0.6) is 0 Å². The average molecular weight is 286 g/mol. The lowest BCUT2D eigenvalue weighted by Crippen LogP contribution is -2.45. The Balaban J connectivity index is 1.90. The van der Waals surface area contributed by atoms with Crippen molar-refractivity contribution in [3.05, 3.63) is 35.4 Å². The fourth-order valence-corrected chi connectivity index (χ4v) is 2.15. The molecule has 0 bridgehead atoms. The lowest BCUT2D eigenvalue weighted by atomic mass is 9.93. The predicted octanol–water partition coefficient (Wildman–Crippen LogP) is 2.11. The van der Waals surface area contributed by atoms with E-state index >= 15 is 0 Å². The molecule has 1 aromatic rings. The summed E-state index contributed by atoms with van der Waals surface area (Å²) in [6.07, 6.45) is 3.88. The number of nitrogens with one attached hydrogen (secondary N) is 1. The standard InChI is InChI=1S/C17H22N2O2/c1-19(17(21)18-16-9-5-10-16)13-15-8-4-7-14(12-15)6-2-3-11-20/h4,7-8,12,16,20H,3,5,9-11,13H2,1H3,(H,18,21). The first kappa shape index (κ1) is 15.4. The first-order valence-electron chi connectivity index (χ1n) is 7.39. The van der Waals surface area contributed by atoms with Gasteiger partial charge >= 0.3 is 6.03 Å². The molecule has 2 N–H and O–H groups in total. The maximum atomic E-state index is 12.0. The van der Waals surface area contributed by atoms with E-state index in [9.17, 15) is 4.79 Å². The molecular weight excluding hydrogens is 264 g/mol. The van der Waals surface area contributed by atoms with E-state index in [1.165, 1.54) is 6.42 Å². The van der Waals surface area contributed by atoms with Gasteiger partial charge in [0, 0.05) is 31.6 Å². The summed E-state index contributed by atoms with van der Waals surface area (Å²) in [5.74, 6) is 5.91. The Bertz CT molecular complexity index is 541. The molecule has 1 aromatic carbocycles. The van der Waals surface area contributed by atoms with E-state index in [4.69, 9.17) is 5.11 Å². The van der Waals surface area contributed by atoms with Crippen LogP contribution in [0.25, 0.3) is 0 Å². The number of rotatable bonds is 4. The molecule has 0 heterocycles. The molecule has 112 valence electrons. The van der Waals surface area contributed by atoms with Crippen LogP contribution in [0.4, 0.5) is 4.79 Å². The van der Waals surface area contributed by atoms with Crippen LogP contribution in [0.15, 0.2) is 24.3 Å². The summed E-state index contributed by atoms with van der Waals surface area (Å²) in [6.45, 7) is 0.644. The molecule has 1 fully saturated rings. The third-order valence-corrected chi connectivity index (χ3v) is 3.60. The number of nitrogens with zero attached hydrogens (tertiary/aromatic N) is 1. The van der Waals surface area contributed by atoms with E-state index in [2.05, 4.69) is 17.2 Å². The van der Waals surface area contributed by atoms with Gasteiger partial charge in [0.15, 0.2) is 0 Å². The zero-order valence-electron chi connectivity index (χ0n) is 12.4. The Kier molecular flexibility index (Phi) is 5.65. The molecule has 1 saturated carbocycles. The van der Waals surface area contributed by atoms with Crippen molar-refractivity contribution < 1.29 is 9.90 Å². The van der Waals surface area contributed by atoms with Crippen LogP contribution in [0.3, 0.4) is 0 Å². The number of benzene rings is 1. The number of aliphatic hydroxyl groups excluding tert-OH is 1. The summed E-state index contributed by atoms with van der Waals surface area (Å²) >= 11 is 0. The normalized spacial score (nSPS) is 13.8. The average Bonchev–Trinajstić information content (AvgIpc) is 2.43. The van der Waals surface area contributed by atoms with Gasteiger partial charge in [-0.1, -0.05) is 24.0 Å². The van der Waals surface area contributed by atoms with Gasteiger partial charge in [-0.2, -0.15) is 0 Å². The van der Waals surface area contributed by atoms with E-state index in [-0.39, 0.29) is 12.6 Å². The van der Waals surface area contributed by atoms with Crippen LogP contribution in [-0.2, 0) is 6.54 Å². The van der Waals surface area contributed by atoms with Crippen LogP contribution in [0, 0.1) is 11.8 Å². The van der Waals surface area contributed by atoms with Gasteiger partial charge < -0.3 is 15.3 Å². The Labute approximate surface area is 126 Å². The van der Waals surface area contributed by atoms with Gasteiger partial charge in [0.05, 0.1) is 6.61 Å². The first-order valence-corrected chi connectivity index (χ1v) is 7.39. The van der Waals surface area contributed by atoms with Gasteiger partial charge in [-0.05, 0) is 37.0 Å². The maximum Gasteiger partial charge on any atom is 0.317 e. The van der Waals surface area contributed by atoms with Crippen molar-refractivity contribution in [2.24, 2.45) is 0 Å². The second kappa shape index (κ2) is 7.70. The van der Waals surface area contributed by atoms with E-state index in [1.807, 2.05) is 24.3 Å². The molecule has 0 radical (unpaired) electrons. The number of amides is 2. The van der Waals surface area contributed by atoms with Crippen LogP contribution in [-0.4, -0.2) is 35.7 Å². The van der Waals surface area contributed by atoms with Crippen LogP contribution in [0.2, 0.25) is 0 Å². The summed E-state index contributed by atoms with van der Waals surface area (Å²) in [4.78, 5) is 13.7. The topological polar surface area (TPSA) is 52.6 Å². The lowest BCUT2D eigenvalue weighted by Gasteiger charge is -2.29. The summed E-state index contributed by atoms with van der Waals surface area (Å²) < 4.78 is 0. The van der Waals surface area contributed by atoms with Crippen LogP contribution < -0.4 is 5.32 Å². The van der Waals surface area contributed by atoms with Crippen LogP contribution >= 0.6 is 0 Å². The minimum Gasteiger partial charge on any atom is -0.395 e. The molecule has 2 amide bonds. The molecule has 0 atom stereocenters. The van der Waals surface area contributed by atoms with Crippen molar-refractivity contribution >= 4 is 6.03 Å².